The minimum absolute atomic E-state index is 0.00688. The SMILES string of the molecule is C=CCCCOCC(=O)c1cc(Br)sc1Br. The molecule has 0 radical (unpaired) electrons. The van der Waals surface area contributed by atoms with Crippen LogP contribution in [0.5, 0.6) is 0 Å². The molecule has 0 amide bonds. The van der Waals surface area contributed by atoms with Crippen LogP contribution in [0.15, 0.2) is 26.3 Å². The molecule has 16 heavy (non-hydrogen) atoms. The monoisotopic (exact) mass is 366 g/mol. The average Bonchev–Trinajstić information content (AvgIpc) is 2.57. The number of unbranched alkanes of at least 4 members (excludes halogenated alkanes) is 1. The minimum atomic E-state index is 0.00688. The number of allylic oxidation sites excluding steroid dienone is 1. The molecule has 0 unspecified atom stereocenters. The molecule has 5 heteroatoms. The van der Waals surface area contributed by atoms with Gasteiger partial charge in [0.25, 0.3) is 0 Å². The van der Waals surface area contributed by atoms with Crippen LogP contribution in [0.25, 0.3) is 0 Å². The van der Waals surface area contributed by atoms with Gasteiger partial charge in [-0.25, -0.2) is 0 Å². The van der Waals surface area contributed by atoms with Crippen molar-refractivity contribution in [3.05, 3.63) is 31.9 Å². The summed E-state index contributed by atoms with van der Waals surface area (Å²) in [4.78, 5) is 11.7. The molecule has 0 saturated heterocycles. The third-order valence-electron chi connectivity index (χ3n) is 1.89. The van der Waals surface area contributed by atoms with Crippen LogP contribution in [0, 0.1) is 0 Å². The number of carbonyl (C=O) groups excluding carboxylic acids is 1. The van der Waals surface area contributed by atoms with Crippen molar-refractivity contribution in [1.29, 1.82) is 0 Å². The van der Waals surface area contributed by atoms with Gasteiger partial charge in [0.05, 0.1) is 7.57 Å². The molecule has 0 N–H and O–H groups in total. The van der Waals surface area contributed by atoms with E-state index in [1.165, 1.54) is 11.3 Å². The van der Waals surface area contributed by atoms with E-state index in [9.17, 15) is 4.79 Å². The highest BCUT2D eigenvalue weighted by molar-refractivity contribution is 9.12. The Hall–Kier alpha value is 0.0300. The Morgan fingerprint density at radius 1 is 1.56 bits per heavy atom. The fourth-order valence-corrected chi connectivity index (χ4v) is 3.96. The lowest BCUT2D eigenvalue weighted by molar-refractivity contribution is 0.0756. The molecule has 2 nitrogen and oxygen atoms in total. The Balaban J connectivity index is 2.35. The number of ketones is 1. The van der Waals surface area contributed by atoms with Gasteiger partial charge in [0, 0.05) is 12.2 Å². The highest BCUT2D eigenvalue weighted by atomic mass is 79.9. The van der Waals surface area contributed by atoms with Crippen molar-refractivity contribution in [2.45, 2.75) is 12.8 Å². The molecule has 0 aliphatic rings. The van der Waals surface area contributed by atoms with Crippen LogP contribution >= 0.6 is 43.2 Å². The molecule has 0 aliphatic carbocycles. The molecule has 1 rings (SSSR count). The number of ether oxygens (including phenoxy) is 1. The molecular formula is C11H12Br2O2S. The second-order valence-corrected chi connectivity index (χ2v) is 6.89. The number of carbonyl (C=O) groups is 1. The molecule has 1 aromatic rings. The van der Waals surface area contributed by atoms with Crippen LogP contribution in [-0.2, 0) is 4.74 Å². The second kappa shape index (κ2) is 7.37. The lowest BCUT2D eigenvalue weighted by Crippen LogP contribution is -2.09. The molecule has 0 aromatic carbocycles. The van der Waals surface area contributed by atoms with Crippen molar-refractivity contribution in [3.8, 4) is 0 Å². The topological polar surface area (TPSA) is 26.3 Å². The van der Waals surface area contributed by atoms with Gasteiger partial charge < -0.3 is 4.74 Å². The Bertz CT molecular complexity index is 374. The largest absolute Gasteiger partial charge is 0.373 e. The summed E-state index contributed by atoms with van der Waals surface area (Å²) in [5.41, 5.74) is 0.681. The molecule has 0 saturated carbocycles. The number of hydrogen-bond acceptors (Lipinski definition) is 3. The zero-order chi connectivity index (χ0) is 12.0. The normalized spacial score (nSPS) is 10.4. The van der Waals surface area contributed by atoms with Gasteiger partial charge in [0.15, 0.2) is 5.78 Å². The zero-order valence-corrected chi connectivity index (χ0v) is 12.7. The van der Waals surface area contributed by atoms with Gasteiger partial charge in [-0.1, -0.05) is 6.08 Å². The maximum absolute atomic E-state index is 11.7. The Kier molecular flexibility index (Phi) is 6.49. The predicted molar refractivity (Wildman–Crippen MR) is 74.3 cm³/mol. The van der Waals surface area contributed by atoms with Crippen molar-refractivity contribution in [2.24, 2.45) is 0 Å². The summed E-state index contributed by atoms with van der Waals surface area (Å²) in [6.45, 7) is 4.36. The van der Waals surface area contributed by atoms with Crippen molar-refractivity contribution in [1.82, 2.24) is 0 Å². The predicted octanol–water partition coefficient (Wildman–Crippen LogP) is 4.44. The Morgan fingerprint density at radius 3 is 2.88 bits per heavy atom. The summed E-state index contributed by atoms with van der Waals surface area (Å²) >= 11 is 8.18. The highest BCUT2D eigenvalue weighted by Gasteiger charge is 2.13. The third kappa shape index (κ3) is 4.49. The molecule has 0 aliphatic heterocycles. The van der Waals surface area contributed by atoms with E-state index in [-0.39, 0.29) is 12.4 Å². The van der Waals surface area contributed by atoms with Crippen molar-refractivity contribution < 1.29 is 9.53 Å². The minimum Gasteiger partial charge on any atom is -0.373 e. The molecule has 0 bridgehead atoms. The quantitative estimate of drug-likeness (QED) is 0.404. The van der Waals surface area contributed by atoms with E-state index in [1.807, 2.05) is 12.1 Å². The summed E-state index contributed by atoms with van der Waals surface area (Å²) in [6, 6.07) is 1.81. The van der Waals surface area contributed by atoms with Gasteiger partial charge in [0.1, 0.15) is 6.61 Å². The van der Waals surface area contributed by atoms with Crippen molar-refractivity contribution in [3.63, 3.8) is 0 Å². The highest BCUT2D eigenvalue weighted by Crippen LogP contribution is 2.32. The summed E-state index contributed by atoms with van der Waals surface area (Å²) in [5, 5.41) is 0. The van der Waals surface area contributed by atoms with E-state index in [2.05, 4.69) is 38.4 Å². The Labute approximate surface area is 116 Å². The van der Waals surface area contributed by atoms with Crippen LogP contribution in [-0.4, -0.2) is 19.0 Å². The number of halogens is 2. The van der Waals surface area contributed by atoms with Gasteiger partial charge in [-0.2, -0.15) is 0 Å². The first-order valence-corrected chi connectivity index (χ1v) is 7.22. The molecular weight excluding hydrogens is 356 g/mol. The fourth-order valence-electron chi connectivity index (χ4n) is 1.10. The Morgan fingerprint density at radius 2 is 2.31 bits per heavy atom. The van der Waals surface area contributed by atoms with Crippen LogP contribution in [0.4, 0.5) is 0 Å². The lowest BCUT2D eigenvalue weighted by atomic mass is 10.2. The van der Waals surface area contributed by atoms with Crippen molar-refractivity contribution in [2.75, 3.05) is 13.2 Å². The number of thiophene rings is 1. The number of hydrogen-bond donors (Lipinski definition) is 0. The van der Waals surface area contributed by atoms with E-state index in [4.69, 9.17) is 4.74 Å². The van der Waals surface area contributed by atoms with E-state index < -0.39 is 0 Å². The van der Waals surface area contributed by atoms with Crippen LogP contribution in [0.1, 0.15) is 23.2 Å². The first kappa shape index (κ1) is 14.1. The summed E-state index contributed by atoms with van der Waals surface area (Å²) in [7, 11) is 0. The van der Waals surface area contributed by atoms with E-state index in [0.717, 1.165) is 20.4 Å². The van der Waals surface area contributed by atoms with Gasteiger partial charge >= 0.3 is 0 Å². The molecule has 1 aromatic heterocycles. The van der Waals surface area contributed by atoms with E-state index in [0.29, 0.717) is 12.2 Å². The average molecular weight is 368 g/mol. The maximum atomic E-state index is 11.7. The summed E-state index contributed by atoms with van der Waals surface area (Å²) < 4.78 is 7.07. The number of Topliss-reactive ketones (excluding diaryl/α,β-unsaturated/α-hetero) is 1. The van der Waals surface area contributed by atoms with Gasteiger partial charge in [-0.15, -0.1) is 17.9 Å². The first-order chi connectivity index (χ1) is 7.65. The number of rotatable bonds is 7. The van der Waals surface area contributed by atoms with Crippen LogP contribution in [0.2, 0.25) is 0 Å². The smallest absolute Gasteiger partial charge is 0.190 e. The third-order valence-corrected chi connectivity index (χ3v) is 4.23. The van der Waals surface area contributed by atoms with Crippen LogP contribution < -0.4 is 0 Å². The second-order valence-electron chi connectivity index (χ2n) is 3.14. The summed E-state index contributed by atoms with van der Waals surface area (Å²) in [5.74, 6) is 0.00688. The van der Waals surface area contributed by atoms with Gasteiger partial charge in [-0.05, 0) is 50.8 Å². The van der Waals surface area contributed by atoms with Crippen LogP contribution in [0.3, 0.4) is 0 Å². The standard InChI is InChI=1S/C11H12Br2O2S/c1-2-3-4-5-15-7-9(14)8-6-10(12)16-11(8)13/h2,6H,1,3-5,7H2. The molecule has 88 valence electrons. The van der Waals surface area contributed by atoms with Crippen molar-refractivity contribution >= 4 is 49.0 Å². The van der Waals surface area contributed by atoms with E-state index in [1.54, 1.807) is 0 Å². The molecule has 0 atom stereocenters. The van der Waals surface area contributed by atoms with Gasteiger partial charge in [-0.3, -0.25) is 4.79 Å². The maximum Gasteiger partial charge on any atom is 0.190 e. The van der Waals surface area contributed by atoms with Gasteiger partial charge in [0.2, 0.25) is 0 Å². The summed E-state index contributed by atoms with van der Waals surface area (Å²) in [6.07, 6.45) is 3.67. The lowest BCUT2D eigenvalue weighted by Gasteiger charge is -2.01. The zero-order valence-electron chi connectivity index (χ0n) is 8.67. The first-order valence-electron chi connectivity index (χ1n) is 4.82. The molecule has 0 fully saturated rings. The van der Waals surface area contributed by atoms with E-state index >= 15 is 0 Å². The fraction of sp³-hybridized carbons (Fsp3) is 0.364. The molecule has 0 spiro atoms. The molecule has 1 heterocycles.